The molecule has 1 spiro atoms. The monoisotopic (exact) mass is 513 g/mol. The molecule has 0 unspecified atom stereocenters. The largest absolute Gasteiger partial charge is 0.457 e. The number of rotatable bonds is 9. The summed E-state index contributed by atoms with van der Waals surface area (Å²) >= 11 is 0. The molecule has 2 amide bonds. The number of hydrogen-bond donors (Lipinski definition) is 1. The SMILES string of the molecule is CCCCN1C(=O)[C@@H](CC(C)C)NC(=O)C12CCN(Cc1ccc(Oc3ccccc3)cc1)CC2.Cl. The molecular formula is C29H40ClN3O3. The minimum Gasteiger partial charge on any atom is -0.457 e. The minimum atomic E-state index is -0.705. The molecule has 2 aliphatic rings. The maximum Gasteiger partial charge on any atom is 0.246 e. The lowest BCUT2D eigenvalue weighted by Gasteiger charge is -2.52. The van der Waals surface area contributed by atoms with Crippen molar-refractivity contribution >= 4 is 24.2 Å². The molecule has 2 saturated heterocycles. The molecule has 7 heteroatoms. The summed E-state index contributed by atoms with van der Waals surface area (Å²) in [4.78, 5) is 31.1. The van der Waals surface area contributed by atoms with Crippen LogP contribution >= 0.6 is 12.4 Å². The Hall–Kier alpha value is -2.57. The first-order valence-electron chi connectivity index (χ1n) is 13.1. The Bertz CT molecular complexity index is 989. The van der Waals surface area contributed by atoms with Gasteiger partial charge in [0.25, 0.3) is 0 Å². The van der Waals surface area contributed by atoms with Crippen LogP contribution in [0.25, 0.3) is 0 Å². The fraction of sp³-hybridized carbons (Fsp3) is 0.517. The van der Waals surface area contributed by atoms with Crippen molar-refractivity contribution in [2.75, 3.05) is 19.6 Å². The maximum absolute atomic E-state index is 13.4. The van der Waals surface area contributed by atoms with E-state index in [4.69, 9.17) is 4.74 Å². The lowest BCUT2D eigenvalue weighted by atomic mass is 9.80. The number of likely N-dealkylation sites (tertiary alicyclic amines) is 1. The van der Waals surface area contributed by atoms with Crippen molar-refractivity contribution < 1.29 is 14.3 Å². The molecule has 1 N–H and O–H groups in total. The molecule has 0 saturated carbocycles. The Balaban J connectivity index is 0.00000361. The number of nitrogens with one attached hydrogen (secondary N) is 1. The van der Waals surface area contributed by atoms with E-state index in [1.54, 1.807) is 0 Å². The van der Waals surface area contributed by atoms with Crippen LogP contribution < -0.4 is 10.1 Å². The lowest BCUT2D eigenvalue weighted by molar-refractivity contribution is -0.161. The summed E-state index contributed by atoms with van der Waals surface area (Å²) < 4.78 is 5.90. The molecule has 0 bridgehead atoms. The van der Waals surface area contributed by atoms with Gasteiger partial charge in [-0.15, -0.1) is 12.4 Å². The molecular weight excluding hydrogens is 474 g/mol. The topological polar surface area (TPSA) is 61.9 Å². The molecule has 2 aliphatic heterocycles. The number of amides is 2. The fourth-order valence-corrected chi connectivity index (χ4v) is 5.27. The van der Waals surface area contributed by atoms with E-state index in [0.29, 0.717) is 31.7 Å². The second-order valence-electron chi connectivity index (χ2n) is 10.4. The second kappa shape index (κ2) is 12.6. The van der Waals surface area contributed by atoms with Crippen molar-refractivity contribution in [2.24, 2.45) is 5.92 Å². The number of carbonyl (C=O) groups is 2. The molecule has 2 aromatic rings. The van der Waals surface area contributed by atoms with Gasteiger partial charge in [-0.2, -0.15) is 0 Å². The number of piperazine rings is 1. The summed E-state index contributed by atoms with van der Waals surface area (Å²) in [5.41, 5.74) is 0.509. The summed E-state index contributed by atoms with van der Waals surface area (Å²) in [5, 5.41) is 3.09. The molecule has 2 heterocycles. The highest BCUT2D eigenvalue weighted by Crippen LogP contribution is 2.35. The van der Waals surface area contributed by atoms with E-state index >= 15 is 0 Å². The Kier molecular flexibility index (Phi) is 9.80. The van der Waals surface area contributed by atoms with Crippen LogP contribution in [0.1, 0.15) is 58.4 Å². The molecule has 0 radical (unpaired) electrons. The Labute approximate surface area is 221 Å². The van der Waals surface area contributed by atoms with E-state index < -0.39 is 5.54 Å². The average molecular weight is 514 g/mol. The van der Waals surface area contributed by atoms with Gasteiger partial charge < -0.3 is 15.0 Å². The highest BCUT2D eigenvalue weighted by atomic mass is 35.5. The zero-order valence-corrected chi connectivity index (χ0v) is 22.6. The van der Waals surface area contributed by atoms with Crippen LogP contribution in [0.5, 0.6) is 11.5 Å². The van der Waals surface area contributed by atoms with E-state index in [0.717, 1.165) is 44.0 Å². The van der Waals surface area contributed by atoms with Crippen LogP contribution in [0.15, 0.2) is 54.6 Å². The van der Waals surface area contributed by atoms with Gasteiger partial charge in [-0.1, -0.05) is 57.5 Å². The van der Waals surface area contributed by atoms with Gasteiger partial charge in [0, 0.05) is 26.2 Å². The third kappa shape index (κ3) is 6.40. The van der Waals surface area contributed by atoms with Crippen LogP contribution in [-0.4, -0.2) is 52.8 Å². The highest BCUT2D eigenvalue weighted by Gasteiger charge is 2.53. The van der Waals surface area contributed by atoms with Gasteiger partial charge >= 0.3 is 0 Å². The number of nitrogens with zero attached hydrogens (tertiary/aromatic N) is 2. The van der Waals surface area contributed by atoms with Crippen LogP contribution in [0, 0.1) is 5.92 Å². The van der Waals surface area contributed by atoms with Crippen molar-refractivity contribution in [3.8, 4) is 11.5 Å². The molecule has 4 rings (SSSR count). The van der Waals surface area contributed by atoms with E-state index in [-0.39, 0.29) is 30.3 Å². The zero-order valence-electron chi connectivity index (χ0n) is 21.7. The first kappa shape index (κ1) is 28.0. The van der Waals surface area contributed by atoms with Gasteiger partial charge in [0.05, 0.1) is 0 Å². The minimum absolute atomic E-state index is 0. The van der Waals surface area contributed by atoms with Gasteiger partial charge in [-0.3, -0.25) is 14.5 Å². The van der Waals surface area contributed by atoms with Crippen molar-refractivity contribution in [2.45, 2.75) is 71.0 Å². The van der Waals surface area contributed by atoms with Gasteiger partial charge in [0.1, 0.15) is 23.1 Å². The van der Waals surface area contributed by atoms with Crippen molar-refractivity contribution in [1.29, 1.82) is 0 Å². The van der Waals surface area contributed by atoms with Crippen LogP contribution in [0.3, 0.4) is 0 Å². The van der Waals surface area contributed by atoms with Crippen molar-refractivity contribution in [3.63, 3.8) is 0 Å². The number of para-hydroxylation sites is 1. The van der Waals surface area contributed by atoms with Gasteiger partial charge in [-0.05, 0) is 61.4 Å². The second-order valence-corrected chi connectivity index (χ2v) is 10.4. The van der Waals surface area contributed by atoms with Gasteiger partial charge in [-0.25, -0.2) is 0 Å². The summed E-state index contributed by atoms with van der Waals surface area (Å²) in [6.45, 7) is 9.40. The first-order valence-corrected chi connectivity index (χ1v) is 13.1. The van der Waals surface area contributed by atoms with E-state index in [9.17, 15) is 9.59 Å². The van der Waals surface area contributed by atoms with Crippen molar-refractivity contribution in [3.05, 3.63) is 60.2 Å². The predicted molar refractivity (Wildman–Crippen MR) is 145 cm³/mol. The van der Waals surface area contributed by atoms with E-state index in [1.807, 2.05) is 47.4 Å². The van der Waals surface area contributed by atoms with Crippen LogP contribution in [-0.2, 0) is 16.1 Å². The standard InChI is InChI=1S/C29H39N3O3.ClH/c1-4-5-17-32-27(33)26(20-22(2)3)30-28(34)29(32)15-18-31(19-16-29)21-23-11-13-25(14-12-23)35-24-9-7-6-8-10-24;/h6-14,22,26H,4-5,15-21H2,1-3H3,(H,30,34);1H/t26-;/m1./s1. The highest BCUT2D eigenvalue weighted by molar-refractivity contribution is 6.00. The van der Waals surface area contributed by atoms with Crippen LogP contribution in [0.4, 0.5) is 0 Å². The summed E-state index contributed by atoms with van der Waals surface area (Å²) in [7, 11) is 0. The number of piperidine rings is 1. The number of ether oxygens (including phenoxy) is 1. The lowest BCUT2D eigenvalue weighted by Crippen LogP contribution is -2.73. The van der Waals surface area contributed by atoms with Gasteiger partial charge in [0.2, 0.25) is 11.8 Å². The third-order valence-electron chi connectivity index (χ3n) is 7.24. The summed E-state index contributed by atoms with van der Waals surface area (Å²) in [5.74, 6) is 2.15. The molecule has 196 valence electrons. The molecule has 0 aliphatic carbocycles. The fourth-order valence-electron chi connectivity index (χ4n) is 5.27. The van der Waals surface area contributed by atoms with E-state index in [1.165, 1.54) is 5.56 Å². The molecule has 0 aromatic heterocycles. The number of halogens is 1. The number of carbonyl (C=O) groups excluding carboxylic acids is 2. The average Bonchev–Trinajstić information content (AvgIpc) is 2.85. The number of hydrogen-bond acceptors (Lipinski definition) is 4. The summed E-state index contributed by atoms with van der Waals surface area (Å²) in [6.07, 6.45) is 3.98. The molecule has 2 aromatic carbocycles. The molecule has 6 nitrogen and oxygen atoms in total. The predicted octanol–water partition coefficient (Wildman–Crippen LogP) is 5.41. The van der Waals surface area contributed by atoms with Crippen LogP contribution in [0.2, 0.25) is 0 Å². The van der Waals surface area contributed by atoms with E-state index in [2.05, 4.69) is 43.1 Å². The molecule has 1 atom stereocenters. The van der Waals surface area contributed by atoms with Gasteiger partial charge in [0.15, 0.2) is 0 Å². The Morgan fingerprint density at radius 3 is 2.25 bits per heavy atom. The quantitative estimate of drug-likeness (QED) is 0.487. The first-order chi connectivity index (χ1) is 16.9. The number of unbranched alkanes of at least 4 members (excludes halogenated alkanes) is 1. The third-order valence-corrected chi connectivity index (χ3v) is 7.24. The smallest absolute Gasteiger partial charge is 0.246 e. The number of benzene rings is 2. The Morgan fingerprint density at radius 2 is 1.64 bits per heavy atom. The molecule has 2 fully saturated rings. The maximum atomic E-state index is 13.4. The zero-order chi connectivity index (χ0) is 24.8. The Morgan fingerprint density at radius 1 is 1.00 bits per heavy atom. The van der Waals surface area contributed by atoms with Crippen molar-refractivity contribution in [1.82, 2.24) is 15.1 Å². The normalized spacial score (nSPS) is 19.8. The molecule has 36 heavy (non-hydrogen) atoms. The summed E-state index contributed by atoms with van der Waals surface area (Å²) in [6, 6.07) is 17.6.